The van der Waals surface area contributed by atoms with Crippen molar-refractivity contribution in [3.63, 3.8) is 0 Å². The van der Waals surface area contributed by atoms with Crippen molar-refractivity contribution < 1.29 is 29.1 Å². The molecule has 1 heterocycles. The molecule has 0 radical (unpaired) electrons. The highest BCUT2D eigenvalue weighted by Crippen LogP contribution is 2.09. The van der Waals surface area contributed by atoms with Crippen molar-refractivity contribution in [3.05, 3.63) is 35.9 Å². The van der Waals surface area contributed by atoms with E-state index in [9.17, 15) is 29.1 Å². The van der Waals surface area contributed by atoms with E-state index in [0.717, 1.165) is 6.42 Å². The topological polar surface area (TPSA) is 180 Å². The van der Waals surface area contributed by atoms with Crippen LogP contribution in [0.15, 0.2) is 30.3 Å². The Morgan fingerprint density at radius 2 is 1.71 bits per heavy atom. The zero-order valence-electron chi connectivity index (χ0n) is 19.6. The average molecular weight is 508 g/mol. The smallest absolute Gasteiger partial charge is 0.326 e. The molecule has 0 aromatic heterocycles. The molecule has 1 fully saturated rings. The molecule has 0 spiro atoms. The van der Waals surface area contributed by atoms with Crippen molar-refractivity contribution in [1.29, 1.82) is 0 Å². The zero-order valence-corrected chi connectivity index (χ0v) is 20.4. The van der Waals surface area contributed by atoms with Gasteiger partial charge in [0.2, 0.25) is 23.6 Å². The SMILES string of the molecule is CSCCC(NC(=O)C1CCCN1)C(=O)NC(CC(N)=O)C(=O)NC(Cc1ccccc1)C(=O)O. The normalized spacial score (nSPS) is 17.6. The summed E-state index contributed by atoms with van der Waals surface area (Å²) in [5, 5.41) is 20.2. The number of primary amides is 1. The van der Waals surface area contributed by atoms with Gasteiger partial charge in [0.15, 0.2) is 0 Å². The Labute approximate surface area is 208 Å². The summed E-state index contributed by atoms with van der Waals surface area (Å²) in [5.41, 5.74) is 5.96. The van der Waals surface area contributed by atoms with Gasteiger partial charge in [-0.2, -0.15) is 11.8 Å². The fourth-order valence-corrected chi connectivity index (χ4v) is 4.16. The third kappa shape index (κ3) is 9.57. The van der Waals surface area contributed by atoms with E-state index in [1.54, 1.807) is 30.3 Å². The van der Waals surface area contributed by atoms with E-state index in [-0.39, 0.29) is 12.3 Å². The molecular formula is C23H33N5O6S. The van der Waals surface area contributed by atoms with Gasteiger partial charge in [-0.25, -0.2) is 4.79 Å². The third-order valence-corrected chi connectivity index (χ3v) is 6.20. The van der Waals surface area contributed by atoms with Crippen LogP contribution in [0.1, 0.15) is 31.2 Å². The minimum atomic E-state index is -1.39. The molecule has 1 aromatic carbocycles. The van der Waals surface area contributed by atoms with Gasteiger partial charge in [0.05, 0.1) is 12.5 Å². The average Bonchev–Trinajstić information content (AvgIpc) is 3.36. The fraction of sp³-hybridized carbons (Fsp3) is 0.522. The second-order valence-corrected chi connectivity index (χ2v) is 9.30. The van der Waals surface area contributed by atoms with E-state index < -0.39 is 54.3 Å². The van der Waals surface area contributed by atoms with Crippen LogP contribution in [0.3, 0.4) is 0 Å². The number of carboxylic acid groups (broad SMARTS) is 1. The van der Waals surface area contributed by atoms with Gasteiger partial charge in [-0.1, -0.05) is 30.3 Å². The first-order chi connectivity index (χ1) is 16.7. The summed E-state index contributed by atoms with van der Waals surface area (Å²) in [5.74, 6) is -3.36. The number of hydrogen-bond acceptors (Lipinski definition) is 7. The molecule has 0 aliphatic carbocycles. The molecule has 4 amide bonds. The van der Waals surface area contributed by atoms with Crippen molar-refractivity contribution in [2.24, 2.45) is 5.73 Å². The highest BCUT2D eigenvalue weighted by molar-refractivity contribution is 7.98. The lowest BCUT2D eigenvalue weighted by molar-refractivity contribution is -0.142. The minimum Gasteiger partial charge on any atom is -0.480 e. The van der Waals surface area contributed by atoms with Gasteiger partial charge in [0.25, 0.3) is 0 Å². The molecule has 4 unspecified atom stereocenters. The van der Waals surface area contributed by atoms with Crippen LogP contribution in [0.5, 0.6) is 0 Å². The molecule has 4 atom stereocenters. The molecule has 1 aliphatic heterocycles. The zero-order chi connectivity index (χ0) is 25.8. The summed E-state index contributed by atoms with van der Waals surface area (Å²) < 4.78 is 0. The van der Waals surface area contributed by atoms with Gasteiger partial charge in [-0.3, -0.25) is 19.2 Å². The first-order valence-electron chi connectivity index (χ1n) is 11.4. The van der Waals surface area contributed by atoms with Crippen LogP contribution in [0, 0.1) is 0 Å². The van der Waals surface area contributed by atoms with Crippen LogP contribution in [0.4, 0.5) is 0 Å². The van der Waals surface area contributed by atoms with E-state index in [1.165, 1.54) is 11.8 Å². The number of aliphatic carboxylic acids is 1. The summed E-state index contributed by atoms with van der Waals surface area (Å²) >= 11 is 1.49. The Hall–Kier alpha value is -3.12. The number of carbonyl (C=O) groups is 5. The number of amides is 4. The van der Waals surface area contributed by atoms with E-state index in [0.29, 0.717) is 30.7 Å². The molecular weight excluding hydrogens is 474 g/mol. The summed E-state index contributed by atoms with van der Waals surface area (Å²) in [6, 6.07) is 4.73. The summed E-state index contributed by atoms with van der Waals surface area (Å²) in [6.07, 6.45) is 3.17. The molecule has 11 nitrogen and oxygen atoms in total. The molecule has 1 aliphatic rings. The lowest BCUT2D eigenvalue weighted by Crippen LogP contribution is -2.58. The lowest BCUT2D eigenvalue weighted by atomic mass is 10.0. The quantitative estimate of drug-likeness (QED) is 0.188. The van der Waals surface area contributed by atoms with Crippen molar-refractivity contribution in [2.45, 2.75) is 56.3 Å². The van der Waals surface area contributed by atoms with Crippen LogP contribution in [-0.4, -0.2) is 77.4 Å². The number of nitrogens with one attached hydrogen (secondary N) is 4. The van der Waals surface area contributed by atoms with Gasteiger partial charge < -0.3 is 32.1 Å². The van der Waals surface area contributed by atoms with E-state index in [4.69, 9.17) is 5.73 Å². The molecule has 1 aromatic rings. The first-order valence-corrected chi connectivity index (χ1v) is 12.8. The lowest BCUT2D eigenvalue weighted by Gasteiger charge is -2.24. The van der Waals surface area contributed by atoms with Crippen LogP contribution < -0.4 is 27.0 Å². The van der Waals surface area contributed by atoms with E-state index in [2.05, 4.69) is 21.3 Å². The van der Waals surface area contributed by atoms with Crippen molar-refractivity contribution in [1.82, 2.24) is 21.3 Å². The number of carbonyl (C=O) groups excluding carboxylic acids is 4. The van der Waals surface area contributed by atoms with Gasteiger partial charge in [0, 0.05) is 6.42 Å². The second kappa shape index (κ2) is 14.3. The number of hydrogen-bond donors (Lipinski definition) is 6. The van der Waals surface area contributed by atoms with Crippen molar-refractivity contribution in [3.8, 4) is 0 Å². The van der Waals surface area contributed by atoms with Crippen LogP contribution in [0.2, 0.25) is 0 Å². The highest BCUT2D eigenvalue weighted by Gasteiger charge is 2.32. The second-order valence-electron chi connectivity index (χ2n) is 8.31. The molecule has 192 valence electrons. The number of thioether (sulfide) groups is 1. The van der Waals surface area contributed by atoms with Crippen LogP contribution in [-0.2, 0) is 30.4 Å². The maximum absolute atomic E-state index is 13.0. The Morgan fingerprint density at radius 3 is 2.29 bits per heavy atom. The maximum Gasteiger partial charge on any atom is 0.326 e. The van der Waals surface area contributed by atoms with Crippen LogP contribution >= 0.6 is 11.8 Å². The van der Waals surface area contributed by atoms with Gasteiger partial charge in [-0.05, 0) is 43.4 Å². The number of benzene rings is 1. The van der Waals surface area contributed by atoms with E-state index in [1.807, 2.05) is 6.26 Å². The molecule has 7 N–H and O–H groups in total. The predicted octanol–water partition coefficient (Wildman–Crippen LogP) is -0.851. The molecule has 0 bridgehead atoms. The van der Waals surface area contributed by atoms with Crippen molar-refractivity contribution >= 4 is 41.4 Å². The summed E-state index contributed by atoms with van der Waals surface area (Å²) in [4.78, 5) is 61.8. The fourth-order valence-electron chi connectivity index (χ4n) is 3.69. The first kappa shape index (κ1) is 28.1. The predicted molar refractivity (Wildman–Crippen MR) is 131 cm³/mol. The summed E-state index contributed by atoms with van der Waals surface area (Å²) in [7, 11) is 0. The Kier molecular flexibility index (Phi) is 11.5. The molecule has 2 rings (SSSR count). The standard InChI is InChI=1S/C23H33N5O6S/c1-35-11-9-16(26-20(30)15-8-5-10-25-15)21(31)27-17(13-19(24)29)22(32)28-18(23(33)34)12-14-6-3-2-4-7-14/h2-4,6-7,15-18,25H,5,8-13H2,1H3,(H2,24,29)(H,26,30)(H,27,31)(H,28,32)(H,33,34). The maximum atomic E-state index is 13.0. The van der Waals surface area contributed by atoms with Gasteiger partial charge >= 0.3 is 5.97 Å². The molecule has 1 saturated heterocycles. The molecule has 0 saturated carbocycles. The highest BCUT2D eigenvalue weighted by atomic mass is 32.2. The van der Waals surface area contributed by atoms with Gasteiger partial charge in [0.1, 0.15) is 18.1 Å². The third-order valence-electron chi connectivity index (χ3n) is 5.56. The van der Waals surface area contributed by atoms with E-state index >= 15 is 0 Å². The minimum absolute atomic E-state index is 0.0138. The number of rotatable bonds is 14. The van der Waals surface area contributed by atoms with Crippen LogP contribution in [0.25, 0.3) is 0 Å². The molecule has 12 heteroatoms. The van der Waals surface area contributed by atoms with Crippen molar-refractivity contribution in [2.75, 3.05) is 18.6 Å². The molecule has 35 heavy (non-hydrogen) atoms. The monoisotopic (exact) mass is 507 g/mol. The Morgan fingerprint density at radius 1 is 1.06 bits per heavy atom. The number of nitrogens with two attached hydrogens (primary N) is 1. The number of carboxylic acids is 1. The Bertz CT molecular complexity index is 894. The Balaban J connectivity index is 2.10. The van der Waals surface area contributed by atoms with Gasteiger partial charge in [-0.15, -0.1) is 0 Å². The summed E-state index contributed by atoms with van der Waals surface area (Å²) in [6.45, 7) is 0.717. The largest absolute Gasteiger partial charge is 0.480 e.